The van der Waals surface area contributed by atoms with E-state index in [1.54, 1.807) is 0 Å². The molecule has 0 bridgehead atoms. The van der Waals surface area contributed by atoms with Gasteiger partial charge in [0.1, 0.15) is 11.4 Å². The number of aryl methyl sites for hydroxylation is 1. The van der Waals surface area contributed by atoms with Crippen molar-refractivity contribution in [2.45, 2.75) is 33.8 Å². The lowest BCUT2D eigenvalue weighted by Crippen LogP contribution is -2.35. The molecule has 1 aliphatic rings. The second kappa shape index (κ2) is 9.59. The van der Waals surface area contributed by atoms with Crippen molar-refractivity contribution in [1.82, 2.24) is 4.90 Å². The van der Waals surface area contributed by atoms with Gasteiger partial charge in [0.2, 0.25) is 0 Å². The Kier molecular flexibility index (Phi) is 6.90. The summed E-state index contributed by atoms with van der Waals surface area (Å²) in [4.78, 5) is 27.5. The summed E-state index contributed by atoms with van der Waals surface area (Å²) >= 11 is 0. The zero-order chi connectivity index (χ0) is 21.7. The number of carbonyl (C=O) groups is 2. The minimum Gasteiger partial charge on any atom is -0.494 e. The highest BCUT2D eigenvalue weighted by Crippen LogP contribution is 2.31. The minimum absolute atomic E-state index is 0.0313. The zero-order valence-electron chi connectivity index (χ0n) is 17.9. The van der Waals surface area contributed by atoms with Gasteiger partial charge in [0.25, 0.3) is 11.8 Å². The van der Waals surface area contributed by atoms with Gasteiger partial charge in [-0.2, -0.15) is 0 Å². The van der Waals surface area contributed by atoms with Crippen LogP contribution >= 0.6 is 0 Å². The number of amides is 2. The van der Waals surface area contributed by atoms with Crippen molar-refractivity contribution in [3.63, 3.8) is 0 Å². The third kappa shape index (κ3) is 4.89. The number of carbonyl (C=O) groups excluding carboxylic acids is 2. The monoisotopic (exact) mass is 408 g/mol. The predicted octanol–water partition coefficient (Wildman–Crippen LogP) is 4.01. The summed E-state index contributed by atoms with van der Waals surface area (Å²) in [5, 5.41) is 3.15. The average Bonchev–Trinajstić information content (AvgIpc) is 2.94. The van der Waals surface area contributed by atoms with Gasteiger partial charge >= 0.3 is 0 Å². The highest BCUT2D eigenvalue weighted by molar-refractivity contribution is 6.36. The Labute approximate surface area is 177 Å². The normalized spacial score (nSPS) is 14.1. The van der Waals surface area contributed by atoms with Crippen LogP contribution < -0.4 is 10.1 Å². The van der Waals surface area contributed by atoms with Crippen LogP contribution in [-0.4, -0.2) is 42.6 Å². The van der Waals surface area contributed by atoms with Crippen molar-refractivity contribution in [1.29, 1.82) is 0 Å². The summed E-state index contributed by atoms with van der Waals surface area (Å²) in [5.74, 6) is 0.0820. The van der Waals surface area contributed by atoms with Gasteiger partial charge in [-0.3, -0.25) is 14.5 Å². The van der Waals surface area contributed by atoms with Crippen molar-refractivity contribution in [2.75, 3.05) is 25.1 Å². The van der Waals surface area contributed by atoms with Crippen LogP contribution in [0.25, 0.3) is 5.57 Å². The van der Waals surface area contributed by atoms with Gasteiger partial charge in [-0.25, -0.2) is 0 Å². The van der Waals surface area contributed by atoms with Gasteiger partial charge in [-0.15, -0.1) is 0 Å². The fraction of sp³-hybridized carbons (Fsp3) is 0.333. The molecule has 0 aliphatic carbocycles. The molecule has 0 atom stereocenters. The Morgan fingerprint density at radius 2 is 1.63 bits per heavy atom. The Hall–Kier alpha value is -3.12. The van der Waals surface area contributed by atoms with Gasteiger partial charge in [-0.05, 0) is 57.5 Å². The molecule has 0 unspecified atom stereocenters. The van der Waals surface area contributed by atoms with Gasteiger partial charge in [-0.1, -0.05) is 29.8 Å². The fourth-order valence-electron chi connectivity index (χ4n) is 3.21. The maximum Gasteiger partial charge on any atom is 0.278 e. The first-order valence-corrected chi connectivity index (χ1v) is 10.2. The molecule has 0 radical (unpaired) electrons. The molecule has 6 heteroatoms. The molecule has 6 nitrogen and oxygen atoms in total. The van der Waals surface area contributed by atoms with Crippen LogP contribution in [0, 0.1) is 6.92 Å². The smallest absolute Gasteiger partial charge is 0.278 e. The van der Waals surface area contributed by atoms with E-state index >= 15 is 0 Å². The standard InChI is InChI=1S/C24H28N2O4/c1-5-29-20-12-10-19(11-13-20)25-22-21(18-8-6-17(4)7-9-18)23(27)26(24(22)28)14-15-30-16(2)3/h6-13,16,25H,5,14-15H2,1-4H3. The Balaban J connectivity index is 1.91. The quantitative estimate of drug-likeness (QED) is 0.635. The molecule has 2 amide bonds. The Morgan fingerprint density at radius 1 is 0.967 bits per heavy atom. The van der Waals surface area contributed by atoms with Crippen molar-refractivity contribution >= 4 is 23.1 Å². The number of anilines is 1. The van der Waals surface area contributed by atoms with E-state index < -0.39 is 0 Å². The van der Waals surface area contributed by atoms with Gasteiger partial charge in [0, 0.05) is 5.69 Å². The van der Waals surface area contributed by atoms with E-state index in [1.807, 2.05) is 76.2 Å². The van der Waals surface area contributed by atoms with Gasteiger partial charge in [0.15, 0.2) is 0 Å². The highest BCUT2D eigenvalue weighted by atomic mass is 16.5. The first kappa shape index (κ1) is 21.6. The van der Waals surface area contributed by atoms with Gasteiger partial charge in [0.05, 0.1) is 31.4 Å². The molecule has 1 N–H and O–H groups in total. The van der Waals surface area contributed by atoms with Crippen LogP contribution in [0.2, 0.25) is 0 Å². The Bertz CT molecular complexity index is 931. The molecule has 1 heterocycles. The van der Waals surface area contributed by atoms with E-state index in [4.69, 9.17) is 9.47 Å². The molecule has 158 valence electrons. The topological polar surface area (TPSA) is 67.9 Å². The van der Waals surface area contributed by atoms with Crippen molar-refractivity contribution in [2.24, 2.45) is 0 Å². The number of imide groups is 1. The SMILES string of the molecule is CCOc1ccc(NC2=C(c3ccc(C)cc3)C(=O)N(CCOC(C)C)C2=O)cc1. The second-order valence-corrected chi connectivity index (χ2v) is 7.38. The van der Waals surface area contributed by atoms with Crippen molar-refractivity contribution in [3.8, 4) is 5.75 Å². The van der Waals surface area contributed by atoms with Crippen LogP contribution in [0.1, 0.15) is 31.9 Å². The van der Waals surface area contributed by atoms with Crippen LogP contribution in [0.4, 0.5) is 5.69 Å². The lowest BCUT2D eigenvalue weighted by molar-refractivity contribution is -0.137. The third-order valence-corrected chi connectivity index (χ3v) is 4.71. The van der Waals surface area contributed by atoms with E-state index in [-0.39, 0.29) is 30.2 Å². The number of hydrogen-bond acceptors (Lipinski definition) is 5. The summed E-state index contributed by atoms with van der Waals surface area (Å²) in [5.41, 5.74) is 3.15. The molecule has 2 aromatic carbocycles. The van der Waals surface area contributed by atoms with Crippen LogP contribution in [-0.2, 0) is 14.3 Å². The molecule has 0 saturated carbocycles. The molecule has 30 heavy (non-hydrogen) atoms. The molecule has 2 aromatic rings. The molecule has 1 aliphatic heterocycles. The molecule has 0 aromatic heterocycles. The highest BCUT2D eigenvalue weighted by Gasteiger charge is 2.39. The third-order valence-electron chi connectivity index (χ3n) is 4.71. The summed E-state index contributed by atoms with van der Waals surface area (Å²) in [6, 6.07) is 14.9. The maximum absolute atomic E-state index is 13.1. The van der Waals surface area contributed by atoms with Crippen LogP contribution in [0.15, 0.2) is 54.2 Å². The summed E-state index contributed by atoms with van der Waals surface area (Å²) < 4.78 is 11.0. The fourth-order valence-corrected chi connectivity index (χ4v) is 3.21. The average molecular weight is 408 g/mol. The maximum atomic E-state index is 13.1. The van der Waals surface area contributed by atoms with E-state index in [0.717, 1.165) is 11.3 Å². The van der Waals surface area contributed by atoms with E-state index in [0.29, 0.717) is 30.0 Å². The van der Waals surface area contributed by atoms with Crippen molar-refractivity contribution in [3.05, 3.63) is 65.4 Å². The lowest BCUT2D eigenvalue weighted by Gasteiger charge is -2.16. The van der Waals surface area contributed by atoms with E-state index in [1.165, 1.54) is 4.90 Å². The predicted molar refractivity (Wildman–Crippen MR) is 117 cm³/mol. The van der Waals surface area contributed by atoms with E-state index in [2.05, 4.69) is 5.32 Å². The number of nitrogens with one attached hydrogen (secondary N) is 1. The first-order chi connectivity index (χ1) is 14.4. The molecule has 0 spiro atoms. The molecule has 0 fully saturated rings. The van der Waals surface area contributed by atoms with Crippen LogP contribution in [0.3, 0.4) is 0 Å². The number of hydrogen-bond donors (Lipinski definition) is 1. The second-order valence-electron chi connectivity index (χ2n) is 7.38. The largest absolute Gasteiger partial charge is 0.494 e. The lowest BCUT2D eigenvalue weighted by atomic mass is 10.0. The molecular weight excluding hydrogens is 380 g/mol. The van der Waals surface area contributed by atoms with Crippen molar-refractivity contribution < 1.29 is 19.1 Å². The number of benzene rings is 2. The Morgan fingerprint density at radius 3 is 2.23 bits per heavy atom. The zero-order valence-corrected chi connectivity index (χ0v) is 17.9. The number of nitrogens with zero attached hydrogens (tertiary/aromatic N) is 1. The summed E-state index contributed by atoms with van der Waals surface area (Å²) in [7, 11) is 0. The van der Waals surface area contributed by atoms with Crippen LogP contribution in [0.5, 0.6) is 5.75 Å². The summed E-state index contributed by atoms with van der Waals surface area (Å²) in [6.45, 7) is 8.83. The number of rotatable bonds is 9. The summed E-state index contributed by atoms with van der Waals surface area (Å²) in [6.07, 6.45) is 0.0313. The van der Waals surface area contributed by atoms with E-state index in [9.17, 15) is 9.59 Å². The minimum atomic E-state index is -0.350. The van der Waals surface area contributed by atoms with Gasteiger partial charge < -0.3 is 14.8 Å². The molecular formula is C24H28N2O4. The molecule has 0 saturated heterocycles. The first-order valence-electron chi connectivity index (χ1n) is 10.2. The molecule has 3 rings (SSSR count). The number of ether oxygens (including phenoxy) is 2.